The van der Waals surface area contributed by atoms with Crippen molar-refractivity contribution < 1.29 is 0 Å². The minimum atomic E-state index is 0.684. The quantitative estimate of drug-likeness (QED) is 0.0342. The molecule has 1 heterocycles. The molecular formula is C57H84N4. The Kier molecular flexibility index (Phi) is 26.5. The van der Waals surface area contributed by atoms with Gasteiger partial charge in [-0.3, -0.25) is 0 Å². The van der Waals surface area contributed by atoms with Crippen LogP contribution >= 0.6 is 0 Å². The Morgan fingerprint density at radius 2 is 0.885 bits per heavy atom. The van der Waals surface area contributed by atoms with Crippen LogP contribution in [0.3, 0.4) is 0 Å². The molecule has 0 aliphatic rings. The van der Waals surface area contributed by atoms with Gasteiger partial charge in [-0.1, -0.05) is 247 Å². The largest absolute Gasteiger partial charge is 0.372 e. The highest BCUT2D eigenvalue weighted by Crippen LogP contribution is 2.21. The Bertz CT molecular complexity index is 1690. The van der Waals surface area contributed by atoms with Crippen molar-refractivity contribution in [2.45, 2.75) is 200 Å². The molecule has 4 nitrogen and oxygen atoms in total. The van der Waals surface area contributed by atoms with Crippen LogP contribution in [0.1, 0.15) is 216 Å². The van der Waals surface area contributed by atoms with Gasteiger partial charge in [0.15, 0.2) is 0 Å². The maximum Gasteiger partial charge on any atom is 0.113 e. The Morgan fingerprint density at radius 3 is 1.30 bits per heavy atom. The Labute approximate surface area is 374 Å². The molecule has 0 atom stereocenters. The average molecular weight is 825 g/mol. The van der Waals surface area contributed by atoms with Crippen molar-refractivity contribution in [1.29, 1.82) is 0 Å². The van der Waals surface area contributed by atoms with Gasteiger partial charge in [-0.25, -0.2) is 4.68 Å². The summed E-state index contributed by atoms with van der Waals surface area (Å²) in [6.45, 7) is 11.4. The lowest BCUT2D eigenvalue weighted by molar-refractivity contribution is 0.529. The lowest BCUT2D eigenvalue weighted by Gasteiger charge is -2.25. The second kappa shape index (κ2) is 32.6. The maximum atomic E-state index is 4.43. The number of aromatic nitrogens is 3. The van der Waals surface area contributed by atoms with Crippen LogP contribution in [0.4, 0.5) is 5.69 Å². The molecule has 4 rings (SSSR count). The summed E-state index contributed by atoms with van der Waals surface area (Å²) < 4.78 is 1.89. The van der Waals surface area contributed by atoms with E-state index >= 15 is 0 Å². The predicted octanol–water partition coefficient (Wildman–Crippen LogP) is 16.8. The zero-order chi connectivity index (χ0) is 42.8. The fraction of sp³-hybridized carbons (Fsp3) is 0.579. The Hall–Kier alpha value is -4.10. The summed E-state index contributed by atoms with van der Waals surface area (Å²) in [6.07, 6.45) is 43.2. The van der Waals surface area contributed by atoms with Gasteiger partial charge in [0.25, 0.3) is 0 Å². The van der Waals surface area contributed by atoms with Crippen molar-refractivity contribution in [3.8, 4) is 23.1 Å². The number of hydrogen-bond acceptors (Lipinski definition) is 3. The summed E-state index contributed by atoms with van der Waals surface area (Å²) >= 11 is 0. The minimum absolute atomic E-state index is 0.684. The van der Waals surface area contributed by atoms with E-state index in [0.717, 1.165) is 41.0 Å². The highest BCUT2D eigenvalue weighted by Gasteiger charge is 2.08. The van der Waals surface area contributed by atoms with E-state index in [9.17, 15) is 0 Å². The predicted molar refractivity (Wildman–Crippen MR) is 266 cm³/mol. The number of rotatable bonds is 35. The third-order valence-electron chi connectivity index (χ3n) is 12.4. The number of nitrogens with zero attached hydrogens (tertiary/aromatic N) is 4. The van der Waals surface area contributed by atoms with Gasteiger partial charge in [0.1, 0.15) is 5.69 Å². The second-order valence-corrected chi connectivity index (χ2v) is 17.8. The van der Waals surface area contributed by atoms with Gasteiger partial charge < -0.3 is 4.90 Å². The molecule has 0 aliphatic heterocycles. The average Bonchev–Trinajstić information content (AvgIpc) is 3.76. The van der Waals surface area contributed by atoms with Gasteiger partial charge in [-0.15, -0.1) is 5.10 Å². The molecular weight excluding hydrogens is 741 g/mol. The fourth-order valence-corrected chi connectivity index (χ4v) is 8.44. The van der Waals surface area contributed by atoms with Crippen LogP contribution < -0.4 is 4.90 Å². The summed E-state index contributed by atoms with van der Waals surface area (Å²) in [4.78, 5) is 2.66. The molecule has 0 aliphatic carbocycles. The molecule has 0 saturated carbocycles. The second-order valence-electron chi connectivity index (χ2n) is 17.8. The highest BCUT2D eigenvalue weighted by atomic mass is 15.4. The monoisotopic (exact) mass is 825 g/mol. The lowest BCUT2D eigenvalue weighted by Crippen LogP contribution is -2.25. The first-order valence-corrected chi connectivity index (χ1v) is 25.3. The van der Waals surface area contributed by atoms with Gasteiger partial charge in [0.2, 0.25) is 0 Å². The smallest absolute Gasteiger partial charge is 0.113 e. The normalized spacial score (nSPS) is 11.1. The number of anilines is 1. The topological polar surface area (TPSA) is 34.0 Å². The lowest BCUT2D eigenvalue weighted by atomic mass is 10.0. The van der Waals surface area contributed by atoms with Gasteiger partial charge in [0.05, 0.1) is 12.7 Å². The standard InChI is InChI=1S/C57H84N4/c1-4-7-9-11-13-15-17-19-21-23-25-27-29-31-47-60(48-32-30-28-26-24-22-20-18-16-14-12-10-8-5-2)56-45-41-53(42-46-56)36-35-52-39-43-55(44-40-52)57-50-61(59-58-57)49-54-37-33-51(6-3)34-38-54/h6,33-34,37-46,50H,3-5,7-32,47-49H2,1-2H3. The van der Waals surface area contributed by atoms with Crippen LogP contribution in [0.2, 0.25) is 0 Å². The molecule has 0 amide bonds. The molecule has 1 aromatic heterocycles. The number of unbranched alkanes of at least 4 members (excludes halogenated alkanes) is 26. The van der Waals surface area contributed by atoms with Gasteiger partial charge in [0, 0.05) is 35.5 Å². The minimum Gasteiger partial charge on any atom is -0.372 e. The number of benzene rings is 3. The summed E-state index contributed by atoms with van der Waals surface area (Å²) in [5.74, 6) is 6.80. The van der Waals surface area contributed by atoms with Crippen LogP contribution in [0.25, 0.3) is 17.3 Å². The van der Waals surface area contributed by atoms with Crippen LogP contribution in [-0.2, 0) is 6.54 Å². The van der Waals surface area contributed by atoms with Gasteiger partial charge in [-0.2, -0.15) is 0 Å². The summed E-state index contributed by atoms with van der Waals surface area (Å²) in [5, 5.41) is 8.79. The van der Waals surface area contributed by atoms with E-state index in [1.165, 1.54) is 191 Å². The van der Waals surface area contributed by atoms with Gasteiger partial charge in [-0.05, 0) is 60.4 Å². The zero-order valence-corrected chi connectivity index (χ0v) is 39.0. The Balaban J connectivity index is 1.19. The molecule has 0 radical (unpaired) electrons. The first-order chi connectivity index (χ1) is 30.2. The first kappa shape index (κ1) is 49.6. The SMILES string of the molecule is C=Cc1ccc(Cn2cc(-c3ccc(C#Cc4ccc(N(CCCCCCCCCCCCCCCC)CCCCCCCCCCCCCCCC)cc4)cc3)nn2)cc1. The van der Waals surface area contributed by atoms with Crippen LogP contribution in [-0.4, -0.2) is 28.1 Å². The highest BCUT2D eigenvalue weighted by molar-refractivity contribution is 5.60. The molecule has 61 heavy (non-hydrogen) atoms. The maximum absolute atomic E-state index is 4.43. The van der Waals surface area contributed by atoms with Crippen molar-refractivity contribution in [2.75, 3.05) is 18.0 Å². The molecule has 4 aromatic rings. The van der Waals surface area contributed by atoms with Crippen molar-refractivity contribution in [3.63, 3.8) is 0 Å². The molecule has 3 aromatic carbocycles. The molecule has 0 saturated heterocycles. The van der Waals surface area contributed by atoms with E-state index in [1.807, 2.05) is 17.0 Å². The van der Waals surface area contributed by atoms with Crippen LogP contribution in [0.15, 0.2) is 85.6 Å². The molecule has 0 spiro atoms. The molecule has 0 N–H and O–H groups in total. The van der Waals surface area contributed by atoms with E-state index in [-0.39, 0.29) is 0 Å². The van der Waals surface area contributed by atoms with Crippen molar-refractivity contribution in [3.05, 3.63) is 108 Å². The fourth-order valence-electron chi connectivity index (χ4n) is 8.44. The number of hydrogen-bond donors (Lipinski definition) is 0. The summed E-state index contributed by atoms with van der Waals surface area (Å²) in [5.41, 5.74) is 7.62. The van der Waals surface area contributed by atoms with Crippen LogP contribution in [0.5, 0.6) is 0 Å². The molecule has 0 unspecified atom stereocenters. The first-order valence-electron chi connectivity index (χ1n) is 25.3. The van der Waals surface area contributed by atoms with Crippen molar-refractivity contribution in [1.82, 2.24) is 15.0 Å². The van der Waals surface area contributed by atoms with Crippen molar-refractivity contribution >= 4 is 11.8 Å². The van der Waals surface area contributed by atoms with Gasteiger partial charge >= 0.3 is 0 Å². The third kappa shape index (κ3) is 22.0. The summed E-state index contributed by atoms with van der Waals surface area (Å²) in [7, 11) is 0. The molecule has 332 valence electrons. The Morgan fingerprint density at radius 1 is 0.492 bits per heavy atom. The summed E-state index contributed by atoms with van der Waals surface area (Å²) in [6, 6.07) is 25.7. The van der Waals surface area contributed by atoms with E-state index in [2.05, 4.69) is 120 Å². The van der Waals surface area contributed by atoms with Crippen LogP contribution in [0, 0.1) is 11.8 Å². The van der Waals surface area contributed by atoms with E-state index in [4.69, 9.17) is 0 Å². The third-order valence-corrected chi connectivity index (χ3v) is 12.4. The zero-order valence-electron chi connectivity index (χ0n) is 39.0. The molecule has 0 bridgehead atoms. The molecule has 0 fully saturated rings. The van der Waals surface area contributed by atoms with Crippen molar-refractivity contribution in [2.24, 2.45) is 0 Å². The van der Waals surface area contributed by atoms with E-state index in [0.29, 0.717) is 6.54 Å². The van der Waals surface area contributed by atoms with E-state index in [1.54, 1.807) is 0 Å². The van der Waals surface area contributed by atoms with E-state index < -0.39 is 0 Å². The molecule has 4 heteroatoms.